The molecule has 0 amide bonds. The van der Waals surface area contributed by atoms with Gasteiger partial charge in [-0.1, -0.05) is 11.6 Å². The Kier molecular flexibility index (Phi) is 1.97. The van der Waals surface area contributed by atoms with Crippen LogP contribution in [0.4, 0.5) is 10.1 Å². The van der Waals surface area contributed by atoms with E-state index in [-0.39, 0.29) is 16.3 Å². The fraction of sp³-hybridized carbons (Fsp3) is 0. The van der Waals surface area contributed by atoms with Crippen LogP contribution in [0.1, 0.15) is 5.56 Å². The predicted octanol–water partition coefficient (Wildman–Crippen LogP) is 1.93. The van der Waals surface area contributed by atoms with Crippen molar-refractivity contribution < 1.29 is 4.39 Å². The molecular formula is C7H4ClFN2. The second kappa shape index (κ2) is 2.77. The van der Waals surface area contributed by atoms with Gasteiger partial charge >= 0.3 is 0 Å². The molecule has 0 saturated heterocycles. The van der Waals surface area contributed by atoms with Crippen molar-refractivity contribution in [2.45, 2.75) is 0 Å². The van der Waals surface area contributed by atoms with Gasteiger partial charge in [0, 0.05) is 0 Å². The van der Waals surface area contributed by atoms with Crippen LogP contribution in [0.25, 0.3) is 0 Å². The largest absolute Gasteiger partial charge is 0.397 e. The van der Waals surface area contributed by atoms with E-state index < -0.39 is 5.82 Å². The Morgan fingerprint density at radius 1 is 1.55 bits per heavy atom. The highest BCUT2D eigenvalue weighted by molar-refractivity contribution is 6.33. The topological polar surface area (TPSA) is 49.8 Å². The molecule has 11 heavy (non-hydrogen) atoms. The standard InChI is InChI=1S/C7H4ClFN2/c8-6-5(11)2-1-4(3-10)7(6)9/h1-2H,11H2. The molecular weight excluding hydrogens is 167 g/mol. The highest BCUT2D eigenvalue weighted by Gasteiger charge is 2.08. The summed E-state index contributed by atoms with van der Waals surface area (Å²) in [7, 11) is 0. The molecule has 0 aliphatic rings. The quantitative estimate of drug-likeness (QED) is 0.605. The van der Waals surface area contributed by atoms with E-state index in [1.165, 1.54) is 12.1 Å². The van der Waals surface area contributed by atoms with E-state index >= 15 is 0 Å². The molecule has 0 atom stereocenters. The molecule has 0 aliphatic carbocycles. The number of anilines is 1. The zero-order valence-electron chi connectivity index (χ0n) is 5.44. The summed E-state index contributed by atoms with van der Waals surface area (Å²) < 4.78 is 12.8. The zero-order chi connectivity index (χ0) is 8.43. The number of hydrogen-bond acceptors (Lipinski definition) is 2. The summed E-state index contributed by atoms with van der Waals surface area (Å²) in [4.78, 5) is 0. The van der Waals surface area contributed by atoms with Gasteiger partial charge in [-0.3, -0.25) is 0 Å². The molecule has 56 valence electrons. The lowest BCUT2D eigenvalue weighted by molar-refractivity contribution is 0.625. The average molecular weight is 171 g/mol. The summed E-state index contributed by atoms with van der Waals surface area (Å²) in [5.74, 6) is -0.755. The Labute approximate surface area is 68.0 Å². The van der Waals surface area contributed by atoms with Crippen LogP contribution in [0.15, 0.2) is 12.1 Å². The van der Waals surface area contributed by atoms with Crippen LogP contribution >= 0.6 is 11.6 Å². The summed E-state index contributed by atoms with van der Waals surface area (Å²) in [6, 6.07) is 4.33. The van der Waals surface area contributed by atoms with E-state index in [0.717, 1.165) is 0 Å². The molecule has 0 spiro atoms. The van der Waals surface area contributed by atoms with Crippen molar-refractivity contribution in [1.82, 2.24) is 0 Å². The number of nitriles is 1. The SMILES string of the molecule is N#Cc1ccc(N)c(Cl)c1F. The van der Waals surface area contributed by atoms with Gasteiger partial charge in [-0.05, 0) is 12.1 Å². The summed E-state index contributed by atoms with van der Waals surface area (Å²) in [5, 5.41) is 8.15. The second-order valence-corrected chi connectivity index (χ2v) is 2.32. The van der Waals surface area contributed by atoms with E-state index in [1.54, 1.807) is 6.07 Å². The molecule has 2 nitrogen and oxygen atoms in total. The summed E-state index contributed by atoms with van der Waals surface area (Å²) >= 11 is 5.41. The molecule has 0 bridgehead atoms. The summed E-state index contributed by atoms with van der Waals surface area (Å²) in [6.07, 6.45) is 0. The lowest BCUT2D eigenvalue weighted by Crippen LogP contribution is -1.91. The smallest absolute Gasteiger partial charge is 0.161 e. The molecule has 0 heterocycles. The van der Waals surface area contributed by atoms with Gasteiger partial charge in [0.1, 0.15) is 11.1 Å². The molecule has 1 aromatic rings. The van der Waals surface area contributed by atoms with Crippen LogP contribution in [-0.4, -0.2) is 0 Å². The first kappa shape index (κ1) is 7.83. The fourth-order valence-corrected chi connectivity index (χ4v) is 0.816. The van der Waals surface area contributed by atoms with Crippen LogP contribution in [0, 0.1) is 17.1 Å². The first-order valence-electron chi connectivity index (χ1n) is 2.80. The number of benzene rings is 1. The van der Waals surface area contributed by atoms with E-state index in [1.807, 2.05) is 0 Å². The molecule has 0 radical (unpaired) electrons. The normalized spacial score (nSPS) is 9.18. The van der Waals surface area contributed by atoms with Crippen LogP contribution < -0.4 is 5.73 Å². The van der Waals surface area contributed by atoms with Crippen molar-refractivity contribution in [3.63, 3.8) is 0 Å². The average Bonchev–Trinajstić information content (AvgIpc) is 2.01. The van der Waals surface area contributed by atoms with Gasteiger partial charge in [0.25, 0.3) is 0 Å². The third-order valence-electron chi connectivity index (χ3n) is 1.23. The Morgan fingerprint density at radius 2 is 2.18 bits per heavy atom. The van der Waals surface area contributed by atoms with Gasteiger partial charge in [0.05, 0.1) is 11.3 Å². The number of halogens is 2. The van der Waals surface area contributed by atoms with Gasteiger partial charge in [-0.25, -0.2) is 4.39 Å². The maximum Gasteiger partial charge on any atom is 0.161 e. The monoisotopic (exact) mass is 170 g/mol. The highest BCUT2D eigenvalue weighted by Crippen LogP contribution is 2.24. The van der Waals surface area contributed by atoms with Crippen molar-refractivity contribution in [2.75, 3.05) is 5.73 Å². The molecule has 1 rings (SSSR count). The van der Waals surface area contributed by atoms with Crippen LogP contribution in [-0.2, 0) is 0 Å². The van der Waals surface area contributed by atoms with Crippen LogP contribution in [0.3, 0.4) is 0 Å². The fourth-order valence-electron chi connectivity index (χ4n) is 0.651. The third-order valence-corrected chi connectivity index (χ3v) is 1.62. The van der Waals surface area contributed by atoms with E-state index in [9.17, 15) is 4.39 Å². The zero-order valence-corrected chi connectivity index (χ0v) is 6.19. The maximum atomic E-state index is 12.8. The molecule has 0 aromatic heterocycles. The molecule has 0 saturated carbocycles. The Morgan fingerprint density at radius 3 is 2.73 bits per heavy atom. The number of nitrogens with two attached hydrogens (primary N) is 1. The lowest BCUT2D eigenvalue weighted by Gasteiger charge is -1.98. The van der Waals surface area contributed by atoms with Gasteiger partial charge in [0.2, 0.25) is 0 Å². The minimum absolute atomic E-state index is 0.0933. The van der Waals surface area contributed by atoms with Crippen molar-refractivity contribution in [3.05, 3.63) is 28.5 Å². The number of nitrogens with zero attached hydrogens (tertiary/aromatic N) is 1. The molecule has 4 heteroatoms. The number of hydrogen-bond donors (Lipinski definition) is 1. The Bertz CT molecular complexity index is 330. The Balaban J connectivity index is 3.40. The molecule has 0 aliphatic heterocycles. The van der Waals surface area contributed by atoms with Gasteiger partial charge in [-0.2, -0.15) is 5.26 Å². The van der Waals surface area contributed by atoms with Crippen molar-refractivity contribution in [1.29, 1.82) is 5.26 Å². The molecule has 0 unspecified atom stereocenters. The van der Waals surface area contributed by atoms with Crippen LogP contribution in [0.2, 0.25) is 5.02 Å². The molecule has 2 N–H and O–H groups in total. The van der Waals surface area contributed by atoms with E-state index in [4.69, 9.17) is 22.6 Å². The lowest BCUT2D eigenvalue weighted by atomic mass is 10.2. The first-order chi connectivity index (χ1) is 5.16. The second-order valence-electron chi connectivity index (χ2n) is 1.94. The van der Waals surface area contributed by atoms with Gasteiger partial charge in [-0.15, -0.1) is 0 Å². The van der Waals surface area contributed by atoms with Crippen molar-refractivity contribution >= 4 is 17.3 Å². The van der Waals surface area contributed by atoms with Gasteiger partial charge < -0.3 is 5.73 Å². The number of rotatable bonds is 0. The molecule has 0 fully saturated rings. The maximum absolute atomic E-state index is 12.8. The first-order valence-corrected chi connectivity index (χ1v) is 3.18. The van der Waals surface area contributed by atoms with E-state index in [2.05, 4.69) is 0 Å². The van der Waals surface area contributed by atoms with Crippen LogP contribution in [0.5, 0.6) is 0 Å². The third kappa shape index (κ3) is 1.26. The minimum atomic E-state index is -0.755. The Hall–Kier alpha value is -1.27. The predicted molar refractivity (Wildman–Crippen MR) is 40.5 cm³/mol. The molecule has 1 aromatic carbocycles. The van der Waals surface area contributed by atoms with E-state index in [0.29, 0.717) is 0 Å². The highest BCUT2D eigenvalue weighted by atomic mass is 35.5. The number of nitrogen functional groups attached to an aromatic ring is 1. The minimum Gasteiger partial charge on any atom is -0.397 e. The van der Waals surface area contributed by atoms with Gasteiger partial charge in [0.15, 0.2) is 5.82 Å². The summed E-state index contributed by atoms with van der Waals surface area (Å²) in [5.41, 5.74) is 5.31. The van der Waals surface area contributed by atoms with Crippen molar-refractivity contribution in [2.24, 2.45) is 0 Å². The summed E-state index contributed by atoms with van der Waals surface area (Å²) in [6.45, 7) is 0. The van der Waals surface area contributed by atoms with Crippen molar-refractivity contribution in [3.8, 4) is 6.07 Å².